The summed E-state index contributed by atoms with van der Waals surface area (Å²) in [7, 11) is 0. The van der Waals surface area contributed by atoms with Crippen LogP contribution in [0.3, 0.4) is 0 Å². The van der Waals surface area contributed by atoms with E-state index in [9.17, 15) is 5.11 Å². The fourth-order valence-electron chi connectivity index (χ4n) is 3.16. The molecule has 2 rings (SSSR count). The van der Waals surface area contributed by atoms with Gasteiger partial charge in [0.05, 0.1) is 12.1 Å². The lowest BCUT2D eigenvalue weighted by Crippen LogP contribution is -2.48. The molecule has 3 heteroatoms. The van der Waals surface area contributed by atoms with E-state index in [1.54, 1.807) is 0 Å². The predicted molar refractivity (Wildman–Crippen MR) is 83.4 cm³/mol. The first-order chi connectivity index (χ1) is 9.57. The second-order valence-corrected chi connectivity index (χ2v) is 6.33. The highest BCUT2D eigenvalue weighted by Gasteiger charge is 2.30. The van der Waals surface area contributed by atoms with Gasteiger partial charge in [0.1, 0.15) is 0 Å². The third kappa shape index (κ3) is 3.40. The molecule has 0 amide bonds. The van der Waals surface area contributed by atoms with Gasteiger partial charge in [-0.15, -0.1) is 0 Å². The van der Waals surface area contributed by atoms with E-state index in [-0.39, 0.29) is 6.61 Å². The SMILES string of the molecule is CC1CCCN(CCC(N)(CO)c2ccccc2)C1C. The van der Waals surface area contributed by atoms with Crippen LogP contribution in [-0.2, 0) is 5.54 Å². The molecular formula is C17H28N2O. The average molecular weight is 276 g/mol. The molecule has 112 valence electrons. The van der Waals surface area contributed by atoms with Crippen molar-refractivity contribution in [1.29, 1.82) is 0 Å². The molecule has 3 unspecified atom stereocenters. The van der Waals surface area contributed by atoms with E-state index in [0.717, 1.165) is 31.0 Å². The Bertz CT molecular complexity index is 409. The lowest BCUT2D eigenvalue weighted by molar-refractivity contribution is 0.0924. The lowest BCUT2D eigenvalue weighted by Gasteiger charge is -2.40. The summed E-state index contributed by atoms with van der Waals surface area (Å²) >= 11 is 0. The highest BCUT2D eigenvalue weighted by atomic mass is 16.3. The Labute approximate surface area is 122 Å². The molecule has 1 aromatic carbocycles. The van der Waals surface area contributed by atoms with E-state index in [1.807, 2.05) is 30.3 Å². The van der Waals surface area contributed by atoms with Gasteiger partial charge >= 0.3 is 0 Å². The lowest BCUT2D eigenvalue weighted by atomic mass is 9.86. The van der Waals surface area contributed by atoms with Gasteiger partial charge in [0.15, 0.2) is 0 Å². The summed E-state index contributed by atoms with van der Waals surface area (Å²) in [4.78, 5) is 2.52. The van der Waals surface area contributed by atoms with Gasteiger partial charge in [-0.1, -0.05) is 37.3 Å². The molecule has 0 aliphatic carbocycles. The molecule has 0 aromatic heterocycles. The fourth-order valence-corrected chi connectivity index (χ4v) is 3.16. The fraction of sp³-hybridized carbons (Fsp3) is 0.647. The molecule has 1 saturated heterocycles. The smallest absolute Gasteiger partial charge is 0.0656 e. The van der Waals surface area contributed by atoms with E-state index in [0.29, 0.717) is 6.04 Å². The molecule has 3 N–H and O–H groups in total. The van der Waals surface area contributed by atoms with Crippen LogP contribution in [0.4, 0.5) is 0 Å². The molecule has 1 aromatic rings. The van der Waals surface area contributed by atoms with Crippen molar-refractivity contribution >= 4 is 0 Å². The molecule has 1 aliphatic heterocycles. The van der Waals surface area contributed by atoms with Gasteiger partial charge < -0.3 is 15.7 Å². The van der Waals surface area contributed by atoms with Crippen molar-refractivity contribution in [3.63, 3.8) is 0 Å². The van der Waals surface area contributed by atoms with Gasteiger partial charge in [0, 0.05) is 12.6 Å². The second kappa shape index (κ2) is 6.70. The molecule has 1 aliphatic rings. The van der Waals surface area contributed by atoms with Crippen molar-refractivity contribution in [3.05, 3.63) is 35.9 Å². The summed E-state index contributed by atoms with van der Waals surface area (Å²) < 4.78 is 0. The normalized spacial score (nSPS) is 27.2. The Morgan fingerprint density at radius 3 is 2.65 bits per heavy atom. The van der Waals surface area contributed by atoms with E-state index in [4.69, 9.17) is 5.73 Å². The van der Waals surface area contributed by atoms with E-state index in [1.165, 1.54) is 12.8 Å². The summed E-state index contributed by atoms with van der Waals surface area (Å²) in [6.45, 7) is 6.74. The molecule has 0 saturated carbocycles. The molecule has 3 atom stereocenters. The quantitative estimate of drug-likeness (QED) is 0.868. The number of nitrogens with zero attached hydrogens (tertiary/aromatic N) is 1. The van der Waals surface area contributed by atoms with Crippen LogP contribution in [0.1, 0.15) is 38.7 Å². The first kappa shape index (κ1) is 15.5. The zero-order valence-corrected chi connectivity index (χ0v) is 12.8. The van der Waals surface area contributed by atoms with Crippen molar-refractivity contribution in [2.24, 2.45) is 11.7 Å². The third-order valence-corrected chi connectivity index (χ3v) is 4.98. The minimum atomic E-state index is -0.623. The van der Waals surface area contributed by atoms with Crippen LogP contribution < -0.4 is 5.73 Å². The summed E-state index contributed by atoms with van der Waals surface area (Å²) in [6, 6.07) is 10.6. The average Bonchev–Trinajstić information content (AvgIpc) is 2.49. The Morgan fingerprint density at radius 1 is 1.30 bits per heavy atom. The summed E-state index contributed by atoms with van der Waals surface area (Å²) in [5.74, 6) is 0.752. The van der Waals surface area contributed by atoms with Crippen molar-refractivity contribution in [3.8, 4) is 0 Å². The first-order valence-electron chi connectivity index (χ1n) is 7.76. The number of rotatable bonds is 5. The number of hydrogen-bond donors (Lipinski definition) is 2. The number of nitrogens with two attached hydrogens (primary N) is 1. The highest BCUT2D eigenvalue weighted by molar-refractivity contribution is 5.24. The molecular weight excluding hydrogens is 248 g/mol. The number of likely N-dealkylation sites (tertiary alicyclic amines) is 1. The maximum Gasteiger partial charge on any atom is 0.0656 e. The zero-order chi connectivity index (χ0) is 14.6. The van der Waals surface area contributed by atoms with Crippen molar-refractivity contribution in [1.82, 2.24) is 4.90 Å². The number of hydrogen-bond acceptors (Lipinski definition) is 3. The minimum Gasteiger partial charge on any atom is -0.394 e. The molecule has 1 heterocycles. The maximum atomic E-state index is 9.74. The molecule has 20 heavy (non-hydrogen) atoms. The summed E-state index contributed by atoms with van der Waals surface area (Å²) in [5.41, 5.74) is 6.84. The van der Waals surface area contributed by atoms with E-state index < -0.39 is 5.54 Å². The first-order valence-corrected chi connectivity index (χ1v) is 7.76. The van der Waals surface area contributed by atoms with Crippen molar-refractivity contribution in [2.45, 2.75) is 44.7 Å². The Kier molecular flexibility index (Phi) is 5.19. The number of benzene rings is 1. The zero-order valence-electron chi connectivity index (χ0n) is 12.8. The molecule has 0 bridgehead atoms. The Morgan fingerprint density at radius 2 is 2.00 bits per heavy atom. The van der Waals surface area contributed by atoms with Crippen molar-refractivity contribution in [2.75, 3.05) is 19.7 Å². The van der Waals surface area contributed by atoms with Crippen LogP contribution in [0.5, 0.6) is 0 Å². The molecule has 0 radical (unpaired) electrons. The largest absolute Gasteiger partial charge is 0.394 e. The summed E-state index contributed by atoms with van der Waals surface area (Å²) in [5, 5.41) is 9.74. The summed E-state index contributed by atoms with van der Waals surface area (Å²) in [6.07, 6.45) is 3.39. The van der Waals surface area contributed by atoms with Crippen LogP contribution in [0, 0.1) is 5.92 Å². The highest BCUT2D eigenvalue weighted by Crippen LogP contribution is 2.26. The second-order valence-electron chi connectivity index (χ2n) is 6.33. The third-order valence-electron chi connectivity index (χ3n) is 4.98. The van der Waals surface area contributed by atoms with E-state index >= 15 is 0 Å². The maximum absolute atomic E-state index is 9.74. The number of aliphatic hydroxyl groups excluding tert-OH is 1. The van der Waals surface area contributed by atoms with Crippen LogP contribution >= 0.6 is 0 Å². The van der Waals surface area contributed by atoms with Gasteiger partial charge in [0.25, 0.3) is 0 Å². The minimum absolute atomic E-state index is 0.00517. The number of aliphatic hydroxyl groups is 1. The molecule has 3 nitrogen and oxygen atoms in total. The van der Waals surface area contributed by atoms with Gasteiger partial charge in [0.2, 0.25) is 0 Å². The predicted octanol–water partition coefficient (Wildman–Crippen LogP) is 2.34. The van der Waals surface area contributed by atoms with Gasteiger partial charge in [-0.3, -0.25) is 0 Å². The monoisotopic (exact) mass is 276 g/mol. The Balaban J connectivity index is 2.00. The van der Waals surface area contributed by atoms with Crippen LogP contribution in [0.15, 0.2) is 30.3 Å². The van der Waals surface area contributed by atoms with Crippen LogP contribution in [0.2, 0.25) is 0 Å². The van der Waals surface area contributed by atoms with Crippen molar-refractivity contribution < 1.29 is 5.11 Å². The van der Waals surface area contributed by atoms with Gasteiger partial charge in [-0.25, -0.2) is 0 Å². The Hall–Kier alpha value is -0.900. The van der Waals surface area contributed by atoms with Crippen LogP contribution in [0.25, 0.3) is 0 Å². The molecule has 1 fully saturated rings. The topological polar surface area (TPSA) is 49.5 Å². The standard InChI is InChI=1S/C17H28N2O/c1-14-7-6-11-19(15(14)2)12-10-17(18,13-20)16-8-4-3-5-9-16/h3-5,8-9,14-15,20H,6-7,10-13,18H2,1-2H3. The van der Waals surface area contributed by atoms with Gasteiger partial charge in [-0.05, 0) is 44.2 Å². The molecule has 0 spiro atoms. The van der Waals surface area contributed by atoms with Gasteiger partial charge in [-0.2, -0.15) is 0 Å². The number of piperidine rings is 1. The van der Waals surface area contributed by atoms with Crippen LogP contribution in [-0.4, -0.2) is 35.7 Å². The van der Waals surface area contributed by atoms with E-state index in [2.05, 4.69) is 18.7 Å².